The second kappa shape index (κ2) is 6.34. The molecule has 1 aliphatic carbocycles. The highest BCUT2D eigenvalue weighted by atomic mass is 16.3. The second-order valence-electron chi connectivity index (χ2n) is 5.36. The van der Waals surface area contributed by atoms with E-state index in [0.29, 0.717) is 12.6 Å². The summed E-state index contributed by atoms with van der Waals surface area (Å²) in [7, 11) is 0. The normalized spacial score (nSPS) is 20.7. The van der Waals surface area contributed by atoms with Gasteiger partial charge in [-0.05, 0) is 31.7 Å². The molecule has 18 heavy (non-hydrogen) atoms. The highest BCUT2D eigenvalue weighted by molar-refractivity contribution is 5.24. The maximum Gasteiger partial charge on any atom is 0.0644 e. The summed E-state index contributed by atoms with van der Waals surface area (Å²) in [5.74, 6) is 0.725. The monoisotopic (exact) mass is 251 g/mol. The summed E-state index contributed by atoms with van der Waals surface area (Å²) < 4.78 is 1.96. The number of aliphatic hydroxyl groups is 1. The van der Waals surface area contributed by atoms with E-state index in [4.69, 9.17) is 5.11 Å². The lowest BCUT2D eigenvalue weighted by Gasteiger charge is -2.25. The van der Waals surface area contributed by atoms with Gasteiger partial charge in [-0.1, -0.05) is 20.3 Å². The van der Waals surface area contributed by atoms with Crippen LogP contribution in [0.4, 0.5) is 0 Å². The van der Waals surface area contributed by atoms with Gasteiger partial charge in [0.2, 0.25) is 0 Å². The van der Waals surface area contributed by atoms with Crippen molar-refractivity contribution >= 4 is 0 Å². The van der Waals surface area contributed by atoms with Gasteiger partial charge in [0, 0.05) is 17.3 Å². The molecule has 0 bridgehead atoms. The molecule has 0 amide bonds. The van der Waals surface area contributed by atoms with Crippen LogP contribution in [0.1, 0.15) is 50.4 Å². The first kappa shape index (κ1) is 13.6. The van der Waals surface area contributed by atoms with Crippen molar-refractivity contribution in [1.29, 1.82) is 0 Å². The number of fused-ring (bicyclic) bond motifs is 1. The third kappa shape index (κ3) is 2.93. The van der Waals surface area contributed by atoms with Crippen LogP contribution in [0.5, 0.6) is 0 Å². The fraction of sp³-hybridized carbons (Fsp3) is 0.786. The highest BCUT2D eigenvalue weighted by Crippen LogP contribution is 2.29. The average molecular weight is 251 g/mol. The molecular formula is C14H25N3O. The highest BCUT2D eigenvalue weighted by Gasteiger charge is 2.23. The van der Waals surface area contributed by atoms with E-state index >= 15 is 0 Å². The largest absolute Gasteiger partial charge is 0.394 e. The molecule has 2 atom stereocenters. The van der Waals surface area contributed by atoms with E-state index in [1.165, 1.54) is 30.5 Å². The average Bonchev–Trinajstić information content (AvgIpc) is 2.80. The van der Waals surface area contributed by atoms with Gasteiger partial charge in [-0.2, -0.15) is 5.10 Å². The van der Waals surface area contributed by atoms with E-state index in [9.17, 15) is 0 Å². The van der Waals surface area contributed by atoms with E-state index in [-0.39, 0.29) is 6.61 Å². The molecule has 4 nitrogen and oxygen atoms in total. The molecule has 0 saturated carbocycles. The van der Waals surface area contributed by atoms with Crippen molar-refractivity contribution in [2.24, 2.45) is 5.92 Å². The summed E-state index contributed by atoms with van der Waals surface area (Å²) >= 11 is 0. The molecule has 4 heteroatoms. The lowest BCUT2D eigenvalue weighted by atomic mass is 9.92. The van der Waals surface area contributed by atoms with E-state index in [1.54, 1.807) is 0 Å². The Balaban J connectivity index is 2.04. The summed E-state index contributed by atoms with van der Waals surface area (Å²) in [5, 5.41) is 17.1. The van der Waals surface area contributed by atoms with Crippen LogP contribution in [0, 0.1) is 5.92 Å². The second-order valence-corrected chi connectivity index (χ2v) is 5.36. The first-order chi connectivity index (χ1) is 8.76. The number of nitrogens with zero attached hydrogens (tertiary/aromatic N) is 2. The molecule has 1 heterocycles. The number of rotatable bonds is 6. The Hall–Kier alpha value is -0.870. The standard InChI is InChI=1S/C14H25N3O/c1-3-11(2)9-15-13-5-4-6-14-12(13)10-16-17(14)7-8-18/h10-11,13,15,18H,3-9H2,1-2H3. The maximum atomic E-state index is 9.04. The van der Waals surface area contributed by atoms with Gasteiger partial charge in [-0.15, -0.1) is 0 Å². The minimum absolute atomic E-state index is 0.166. The van der Waals surface area contributed by atoms with Crippen LogP contribution in [0.3, 0.4) is 0 Å². The van der Waals surface area contributed by atoms with Crippen LogP contribution in [-0.4, -0.2) is 28.0 Å². The van der Waals surface area contributed by atoms with Crippen molar-refractivity contribution in [3.63, 3.8) is 0 Å². The number of aromatic nitrogens is 2. The van der Waals surface area contributed by atoms with Gasteiger partial charge in [0.25, 0.3) is 0 Å². The zero-order chi connectivity index (χ0) is 13.0. The summed E-state index contributed by atoms with van der Waals surface area (Å²) in [4.78, 5) is 0. The lowest BCUT2D eigenvalue weighted by molar-refractivity contribution is 0.266. The lowest BCUT2D eigenvalue weighted by Crippen LogP contribution is -2.29. The zero-order valence-electron chi connectivity index (χ0n) is 11.5. The van der Waals surface area contributed by atoms with Crippen molar-refractivity contribution < 1.29 is 5.11 Å². The van der Waals surface area contributed by atoms with Crippen LogP contribution in [0.2, 0.25) is 0 Å². The fourth-order valence-electron chi connectivity index (χ4n) is 2.61. The number of hydrogen-bond donors (Lipinski definition) is 2. The van der Waals surface area contributed by atoms with Gasteiger partial charge in [0.1, 0.15) is 0 Å². The topological polar surface area (TPSA) is 50.1 Å². The van der Waals surface area contributed by atoms with Crippen molar-refractivity contribution in [2.45, 2.75) is 52.1 Å². The summed E-state index contributed by atoms with van der Waals surface area (Å²) in [6.45, 7) is 6.38. The zero-order valence-corrected chi connectivity index (χ0v) is 11.5. The van der Waals surface area contributed by atoms with Crippen molar-refractivity contribution in [2.75, 3.05) is 13.2 Å². The first-order valence-electron chi connectivity index (χ1n) is 7.15. The molecule has 0 aliphatic heterocycles. The summed E-state index contributed by atoms with van der Waals surface area (Å²) in [5.41, 5.74) is 2.66. The van der Waals surface area contributed by atoms with E-state index in [2.05, 4.69) is 24.3 Å². The van der Waals surface area contributed by atoms with Gasteiger partial charge in [0.05, 0.1) is 19.3 Å². The summed E-state index contributed by atoms with van der Waals surface area (Å²) in [6, 6.07) is 0.454. The Morgan fingerprint density at radius 3 is 3.17 bits per heavy atom. The molecule has 0 saturated heterocycles. The minimum Gasteiger partial charge on any atom is -0.394 e. The Bertz CT molecular complexity index is 375. The molecule has 2 unspecified atom stereocenters. The molecule has 2 rings (SSSR count). The minimum atomic E-state index is 0.166. The molecular weight excluding hydrogens is 226 g/mol. The molecule has 102 valence electrons. The van der Waals surface area contributed by atoms with Gasteiger partial charge in [-0.25, -0.2) is 0 Å². The van der Waals surface area contributed by atoms with Gasteiger partial charge >= 0.3 is 0 Å². The van der Waals surface area contributed by atoms with E-state index < -0.39 is 0 Å². The molecule has 1 aliphatic rings. The van der Waals surface area contributed by atoms with Gasteiger partial charge < -0.3 is 10.4 Å². The molecule has 2 N–H and O–H groups in total. The van der Waals surface area contributed by atoms with Gasteiger partial charge in [0.15, 0.2) is 0 Å². The Kier molecular flexibility index (Phi) is 4.78. The molecule has 0 fully saturated rings. The maximum absolute atomic E-state index is 9.04. The van der Waals surface area contributed by atoms with Crippen molar-refractivity contribution in [3.05, 3.63) is 17.5 Å². The third-order valence-corrected chi connectivity index (χ3v) is 3.98. The Morgan fingerprint density at radius 2 is 2.44 bits per heavy atom. The van der Waals surface area contributed by atoms with Gasteiger partial charge in [-0.3, -0.25) is 4.68 Å². The first-order valence-corrected chi connectivity index (χ1v) is 7.15. The van der Waals surface area contributed by atoms with E-state index in [1.807, 2.05) is 10.9 Å². The fourth-order valence-corrected chi connectivity index (χ4v) is 2.61. The van der Waals surface area contributed by atoms with Crippen LogP contribution < -0.4 is 5.32 Å². The smallest absolute Gasteiger partial charge is 0.0644 e. The van der Waals surface area contributed by atoms with Crippen LogP contribution in [0.25, 0.3) is 0 Å². The molecule has 0 aromatic carbocycles. The summed E-state index contributed by atoms with van der Waals surface area (Å²) in [6.07, 6.45) is 6.71. The quantitative estimate of drug-likeness (QED) is 0.811. The predicted octanol–water partition coefficient (Wildman–Crippen LogP) is 1.89. The SMILES string of the molecule is CCC(C)CNC1CCCc2c1cnn2CCO. The molecule has 1 aromatic heterocycles. The van der Waals surface area contributed by atoms with Crippen molar-refractivity contribution in [3.8, 4) is 0 Å². The van der Waals surface area contributed by atoms with Crippen LogP contribution in [0.15, 0.2) is 6.20 Å². The molecule has 0 radical (unpaired) electrons. The number of aliphatic hydroxyl groups excluding tert-OH is 1. The van der Waals surface area contributed by atoms with Crippen LogP contribution >= 0.6 is 0 Å². The number of hydrogen-bond acceptors (Lipinski definition) is 3. The van der Waals surface area contributed by atoms with Crippen LogP contribution in [-0.2, 0) is 13.0 Å². The molecule has 0 spiro atoms. The van der Waals surface area contributed by atoms with E-state index in [0.717, 1.165) is 18.9 Å². The Labute approximate surface area is 109 Å². The predicted molar refractivity (Wildman–Crippen MR) is 72.4 cm³/mol. The number of nitrogens with one attached hydrogen (secondary N) is 1. The molecule has 1 aromatic rings. The third-order valence-electron chi connectivity index (χ3n) is 3.98. The Morgan fingerprint density at radius 1 is 1.61 bits per heavy atom. The van der Waals surface area contributed by atoms with Crippen molar-refractivity contribution in [1.82, 2.24) is 15.1 Å².